The number of ether oxygens (including phenoxy) is 1. The van der Waals surface area contributed by atoms with Gasteiger partial charge in [0.25, 0.3) is 5.91 Å². The van der Waals surface area contributed by atoms with E-state index in [9.17, 15) is 26.7 Å². The van der Waals surface area contributed by atoms with Gasteiger partial charge in [0.05, 0.1) is 5.60 Å². The van der Waals surface area contributed by atoms with E-state index in [0.717, 1.165) is 0 Å². The van der Waals surface area contributed by atoms with Crippen LogP contribution in [0.5, 0.6) is 0 Å². The molecule has 0 bridgehead atoms. The predicted octanol–water partition coefficient (Wildman–Crippen LogP) is 1.87. The van der Waals surface area contributed by atoms with Crippen LogP contribution in [0.1, 0.15) is 19.8 Å². The van der Waals surface area contributed by atoms with Crippen LogP contribution in [0.2, 0.25) is 0 Å². The zero-order chi connectivity index (χ0) is 13.3. The Balaban J connectivity index is 2.55. The molecule has 17 heavy (non-hydrogen) atoms. The topological polar surface area (TPSA) is 38.3 Å². The highest BCUT2D eigenvalue weighted by atomic mass is 19.4. The fraction of sp³-hybridized carbons (Fsp3) is 0.889. The summed E-state index contributed by atoms with van der Waals surface area (Å²) >= 11 is 0. The van der Waals surface area contributed by atoms with Gasteiger partial charge in [0.2, 0.25) is 0 Å². The Morgan fingerprint density at radius 3 is 2.35 bits per heavy atom. The van der Waals surface area contributed by atoms with Gasteiger partial charge in [-0.05, 0) is 19.8 Å². The number of halogens is 5. The van der Waals surface area contributed by atoms with Crippen molar-refractivity contribution >= 4 is 5.91 Å². The molecule has 1 aliphatic rings. The van der Waals surface area contributed by atoms with Crippen LogP contribution in [0.15, 0.2) is 0 Å². The second-order valence-corrected chi connectivity index (χ2v) is 4.16. The molecule has 0 aromatic carbocycles. The fourth-order valence-corrected chi connectivity index (χ4v) is 1.48. The van der Waals surface area contributed by atoms with Gasteiger partial charge in [-0.3, -0.25) is 4.79 Å². The van der Waals surface area contributed by atoms with E-state index < -0.39 is 23.6 Å². The lowest BCUT2D eigenvalue weighted by Crippen LogP contribution is -2.53. The maximum atomic E-state index is 12.5. The minimum Gasteiger partial charge on any atom is -0.373 e. The number of rotatable bonds is 3. The quantitative estimate of drug-likeness (QED) is 0.788. The Hall–Kier alpha value is -0.920. The zero-order valence-corrected chi connectivity index (χ0v) is 9.03. The maximum Gasteiger partial charge on any atom is 0.463 e. The highest BCUT2D eigenvalue weighted by molar-refractivity contribution is 5.84. The lowest BCUT2D eigenvalue weighted by atomic mass is 10.0. The van der Waals surface area contributed by atoms with E-state index in [-0.39, 0.29) is 6.54 Å². The molecule has 0 saturated carbocycles. The summed E-state index contributed by atoms with van der Waals surface area (Å²) in [6.45, 7) is 1.59. The number of hydrogen-bond donors (Lipinski definition) is 1. The van der Waals surface area contributed by atoms with Crippen LogP contribution >= 0.6 is 0 Å². The normalized spacial score (nSPS) is 26.0. The van der Waals surface area contributed by atoms with Gasteiger partial charge in [-0.25, -0.2) is 0 Å². The molecule has 1 aliphatic heterocycles. The highest BCUT2D eigenvalue weighted by Gasteiger charge is 2.63. The van der Waals surface area contributed by atoms with Crippen LogP contribution < -0.4 is 5.32 Å². The van der Waals surface area contributed by atoms with Crippen LogP contribution in [-0.4, -0.2) is 36.8 Å². The van der Waals surface area contributed by atoms with E-state index in [4.69, 9.17) is 4.74 Å². The van der Waals surface area contributed by atoms with Crippen LogP contribution in [-0.2, 0) is 9.53 Å². The first kappa shape index (κ1) is 14.1. The predicted molar refractivity (Wildman–Crippen MR) is 47.6 cm³/mol. The Labute approximate surface area is 94.3 Å². The van der Waals surface area contributed by atoms with Crippen LogP contribution in [0.3, 0.4) is 0 Å². The van der Waals surface area contributed by atoms with Crippen LogP contribution in [0, 0.1) is 0 Å². The molecule has 100 valence electrons. The minimum atomic E-state index is -5.88. The summed E-state index contributed by atoms with van der Waals surface area (Å²) in [5, 5.41) is 1.58. The number of amides is 1. The molecule has 8 heteroatoms. The number of carbonyl (C=O) groups excluding carboxylic acids is 1. The summed E-state index contributed by atoms with van der Waals surface area (Å²) in [6, 6.07) is 0. The molecule has 1 N–H and O–H groups in total. The van der Waals surface area contributed by atoms with E-state index in [1.165, 1.54) is 0 Å². The molecule has 0 radical (unpaired) electrons. The van der Waals surface area contributed by atoms with Crippen molar-refractivity contribution in [3.8, 4) is 0 Å². The third-order valence-electron chi connectivity index (χ3n) is 2.56. The molecule has 1 unspecified atom stereocenters. The monoisotopic (exact) mass is 261 g/mol. The molecule has 0 spiro atoms. The van der Waals surface area contributed by atoms with E-state index in [0.29, 0.717) is 19.4 Å². The van der Waals surface area contributed by atoms with E-state index in [2.05, 4.69) is 0 Å². The molecule has 0 aromatic heterocycles. The molecule has 1 heterocycles. The zero-order valence-electron chi connectivity index (χ0n) is 9.03. The van der Waals surface area contributed by atoms with Crippen molar-refractivity contribution < 1.29 is 31.5 Å². The Morgan fingerprint density at radius 1 is 1.35 bits per heavy atom. The van der Waals surface area contributed by atoms with Crippen molar-refractivity contribution in [2.24, 2.45) is 0 Å². The molecule has 1 amide bonds. The van der Waals surface area contributed by atoms with E-state index >= 15 is 0 Å². The lowest BCUT2D eigenvalue weighted by Gasteiger charge is -2.25. The second kappa shape index (κ2) is 4.40. The number of nitrogens with one attached hydrogen (secondary N) is 1. The Morgan fingerprint density at radius 2 is 1.94 bits per heavy atom. The molecular weight excluding hydrogens is 249 g/mol. The van der Waals surface area contributed by atoms with Gasteiger partial charge in [0.1, 0.15) is 0 Å². The summed E-state index contributed by atoms with van der Waals surface area (Å²) < 4.78 is 65.8. The lowest BCUT2D eigenvalue weighted by molar-refractivity contribution is -0.270. The van der Waals surface area contributed by atoms with E-state index in [1.807, 2.05) is 0 Å². The SMILES string of the molecule is CC1(CNC(=O)C(F)(F)C(F)(F)F)CCCO1. The first-order valence-corrected chi connectivity index (χ1v) is 4.95. The summed E-state index contributed by atoms with van der Waals surface area (Å²) in [5.41, 5.74) is -0.864. The molecule has 1 rings (SSSR count). The van der Waals surface area contributed by atoms with Gasteiger partial charge in [0, 0.05) is 13.2 Å². The Kier molecular flexibility index (Phi) is 3.66. The number of alkyl halides is 5. The molecule has 0 aromatic rings. The molecule has 0 aliphatic carbocycles. The van der Waals surface area contributed by atoms with Crippen molar-refractivity contribution in [3.05, 3.63) is 0 Å². The van der Waals surface area contributed by atoms with Crippen LogP contribution in [0.4, 0.5) is 22.0 Å². The standard InChI is InChI=1S/C9H12F5NO2/c1-7(3-2-4-17-7)5-15-6(16)8(10,11)9(12,13)14/h2-5H2,1H3,(H,15,16). The first-order valence-electron chi connectivity index (χ1n) is 4.95. The minimum absolute atomic E-state index is 0.364. The van der Waals surface area contributed by atoms with Gasteiger partial charge < -0.3 is 10.1 Å². The molecular formula is C9H12F5NO2. The second-order valence-electron chi connectivity index (χ2n) is 4.16. The van der Waals surface area contributed by atoms with Gasteiger partial charge in [-0.15, -0.1) is 0 Å². The first-order chi connectivity index (χ1) is 7.58. The summed E-state index contributed by atoms with van der Waals surface area (Å²) in [4.78, 5) is 10.8. The van der Waals surface area contributed by atoms with Crippen molar-refractivity contribution in [1.29, 1.82) is 0 Å². The van der Waals surface area contributed by atoms with Crippen molar-refractivity contribution in [1.82, 2.24) is 5.32 Å². The van der Waals surface area contributed by atoms with Gasteiger partial charge >= 0.3 is 12.1 Å². The molecule has 1 atom stereocenters. The maximum absolute atomic E-state index is 12.5. The summed E-state index contributed by atoms with van der Waals surface area (Å²) in [5.74, 6) is -7.72. The van der Waals surface area contributed by atoms with E-state index in [1.54, 1.807) is 12.2 Å². The van der Waals surface area contributed by atoms with Crippen LogP contribution in [0.25, 0.3) is 0 Å². The largest absolute Gasteiger partial charge is 0.463 e. The third-order valence-corrected chi connectivity index (χ3v) is 2.56. The molecule has 1 fully saturated rings. The molecule has 1 saturated heterocycles. The number of hydrogen-bond acceptors (Lipinski definition) is 2. The fourth-order valence-electron chi connectivity index (χ4n) is 1.48. The smallest absolute Gasteiger partial charge is 0.373 e. The Bertz CT molecular complexity index is 296. The summed E-state index contributed by atoms with van der Waals surface area (Å²) in [7, 11) is 0. The average molecular weight is 261 g/mol. The average Bonchev–Trinajstić information content (AvgIpc) is 2.60. The van der Waals surface area contributed by atoms with Gasteiger partial charge in [-0.1, -0.05) is 0 Å². The van der Waals surface area contributed by atoms with Gasteiger partial charge in [0.15, 0.2) is 0 Å². The third kappa shape index (κ3) is 3.05. The van der Waals surface area contributed by atoms with Crippen molar-refractivity contribution in [2.75, 3.05) is 13.2 Å². The molecule has 3 nitrogen and oxygen atoms in total. The van der Waals surface area contributed by atoms with Gasteiger partial charge in [-0.2, -0.15) is 22.0 Å². The van der Waals surface area contributed by atoms with Crippen molar-refractivity contribution in [2.45, 2.75) is 37.5 Å². The highest BCUT2D eigenvalue weighted by Crippen LogP contribution is 2.35. The van der Waals surface area contributed by atoms with Crippen molar-refractivity contribution in [3.63, 3.8) is 0 Å². The number of carbonyl (C=O) groups is 1. The summed E-state index contributed by atoms with van der Waals surface area (Å²) in [6.07, 6.45) is -4.69.